The topological polar surface area (TPSA) is 124 Å². The van der Waals surface area contributed by atoms with E-state index in [0.717, 1.165) is 11.5 Å². The van der Waals surface area contributed by atoms with E-state index < -0.39 is 16.5 Å². The zero-order valence-corrected chi connectivity index (χ0v) is 18.5. The number of methoxy groups -OCH3 is 1. The number of rotatable bonds is 5. The Kier molecular flexibility index (Phi) is 6.33. The number of hydrogen-bond donors (Lipinski definition) is 2. The van der Waals surface area contributed by atoms with Crippen molar-refractivity contribution >= 4 is 45.6 Å². The van der Waals surface area contributed by atoms with Crippen LogP contribution in [-0.4, -0.2) is 23.1 Å². The molecule has 4 aromatic rings. The Labute approximate surface area is 198 Å². The van der Waals surface area contributed by atoms with Crippen molar-refractivity contribution in [2.45, 2.75) is 0 Å². The third-order valence-corrected chi connectivity index (χ3v) is 5.15. The quantitative estimate of drug-likeness (QED) is 0.187. The molecular formula is C24H17N3O6S. The lowest BCUT2D eigenvalue weighted by Gasteiger charge is -2.14. The van der Waals surface area contributed by atoms with E-state index in [1.165, 1.54) is 25.3 Å². The summed E-state index contributed by atoms with van der Waals surface area (Å²) in [6.07, 6.45) is 0. The van der Waals surface area contributed by atoms with E-state index in [-0.39, 0.29) is 16.4 Å². The monoisotopic (exact) mass is 475 g/mol. The predicted molar refractivity (Wildman–Crippen MR) is 131 cm³/mol. The molecule has 0 aliphatic carbocycles. The van der Waals surface area contributed by atoms with Crippen LogP contribution < -0.4 is 21.0 Å². The number of nitrogens with zero attached hydrogens (tertiary/aromatic N) is 1. The average Bonchev–Trinajstić information content (AvgIpc) is 2.83. The predicted octanol–water partition coefficient (Wildman–Crippen LogP) is 4.50. The number of ether oxygens (including phenoxy) is 1. The number of benzene rings is 3. The van der Waals surface area contributed by atoms with Gasteiger partial charge in [-0.1, -0.05) is 30.3 Å². The maximum absolute atomic E-state index is 12.6. The van der Waals surface area contributed by atoms with E-state index >= 15 is 0 Å². The first kappa shape index (κ1) is 22.6. The molecule has 1 aromatic heterocycles. The number of carbonyl (C=O) groups excluding carboxylic acids is 1. The number of anilines is 1. The third-order valence-electron chi connectivity index (χ3n) is 4.95. The summed E-state index contributed by atoms with van der Waals surface area (Å²) < 4.78 is 10.8. The minimum Gasteiger partial charge on any atom is -0.495 e. The molecule has 10 heteroatoms. The molecule has 0 atom stereocenters. The lowest BCUT2D eigenvalue weighted by molar-refractivity contribution is -0.384. The van der Waals surface area contributed by atoms with Gasteiger partial charge in [-0.05, 0) is 48.1 Å². The number of thiocarbonyl (C=S) groups is 1. The van der Waals surface area contributed by atoms with Gasteiger partial charge in [0.05, 0.1) is 23.3 Å². The maximum atomic E-state index is 12.6. The van der Waals surface area contributed by atoms with Crippen molar-refractivity contribution in [1.29, 1.82) is 0 Å². The molecule has 1 amide bonds. The largest absolute Gasteiger partial charge is 0.495 e. The Hall–Kier alpha value is -4.57. The van der Waals surface area contributed by atoms with Gasteiger partial charge in [-0.25, -0.2) is 4.79 Å². The van der Waals surface area contributed by atoms with Gasteiger partial charge in [0.15, 0.2) is 5.11 Å². The first-order valence-electron chi connectivity index (χ1n) is 9.94. The number of nitro benzene ring substituents is 1. The van der Waals surface area contributed by atoms with Crippen molar-refractivity contribution in [3.05, 3.63) is 98.9 Å². The normalized spacial score (nSPS) is 10.5. The van der Waals surface area contributed by atoms with Crippen LogP contribution in [0.5, 0.6) is 5.75 Å². The molecule has 0 saturated carbocycles. The van der Waals surface area contributed by atoms with Crippen molar-refractivity contribution in [2.24, 2.45) is 0 Å². The van der Waals surface area contributed by atoms with Crippen LogP contribution in [0.2, 0.25) is 0 Å². The summed E-state index contributed by atoms with van der Waals surface area (Å²) in [5.74, 6) is -0.202. The molecule has 0 radical (unpaired) electrons. The van der Waals surface area contributed by atoms with E-state index in [4.69, 9.17) is 21.4 Å². The van der Waals surface area contributed by atoms with Crippen molar-refractivity contribution in [3.8, 4) is 16.9 Å². The molecule has 1 heterocycles. The van der Waals surface area contributed by atoms with Gasteiger partial charge in [-0.3, -0.25) is 20.2 Å². The Balaban J connectivity index is 1.59. The SMILES string of the molecule is COc1ccc(-c2cc3ccccc3oc2=O)cc1NC(=S)NC(=O)c1cccc([N+](=O)[O-])c1. The molecule has 0 bridgehead atoms. The number of non-ortho nitro benzene ring substituents is 1. The summed E-state index contributed by atoms with van der Waals surface area (Å²) in [7, 11) is 1.47. The van der Waals surface area contributed by atoms with E-state index in [9.17, 15) is 19.7 Å². The fraction of sp³-hybridized carbons (Fsp3) is 0.0417. The first-order valence-corrected chi connectivity index (χ1v) is 10.3. The van der Waals surface area contributed by atoms with Gasteiger partial charge in [-0.15, -0.1) is 0 Å². The van der Waals surface area contributed by atoms with Crippen LogP contribution >= 0.6 is 12.2 Å². The first-order chi connectivity index (χ1) is 16.4. The Morgan fingerprint density at radius 2 is 1.85 bits per heavy atom. The number of nitro groups is 1. The zero-order chi connectivity index (χ0) is 24.2. The lowest BCUT2D eigenvalue weighted by Crippen LogP contribution is -2.34. The van der Waals surface area contributed by atoms with E-state index in [1.807, 2.05) is 12.1 Å². The smallest absolute Gasteiger partial charge is 0.344 e. The van der Waals surface area contributed by atoms with Gasteiger partial charge < -0.3 is 14.5 Å². The molecule has 2 N–H and O–H groups in total. The fourth-order valence-electron chi connectivity index (χ4n) is 3.33. The molecule has 9 nitrogen and oxygen atoms in total. The molecule has 0 spiro atoms. The summed E-state index contributed by atoms with van der Waals surface area (Å²) in [6, 6.07) is 19.2. The molecule has 170 valence electrons. The van der Waals surface area contributed by atoms with Gasteiger partial charge >= 0.3 is 5.63 Å². The van der Waals surface area contributed by atoms with Crippen LogP contribution in [0.15, 0.2) is 82.0 Å². The van der Waals surface area contributed by atoms with Crippen molar-refractivity contribution < 1.29 is 18.9 Å². The van der Waals surface area contributed by atoms with Crippen LogP contribution in [-0.2, 0) is 0 Å². The van der Waals surface area contributed by atoms with Gasteiger partial charge in [-0.2, -0.15) is 0 Å². The molecular weight excluding hydrogens is 458 g/mol. The molecule has 34 heavy (non-hydrogen) atoms. The summed E-state index contributed by atoms with van der Waals surface area (Å²) >= 11 is 5.24. The van der Waals surface area contributed by atoms with E-state index in [1.54, 1.807) is 36.4 Å². The Morgan fingerprint density at radius 3 is 2.62 bits per heavy atom. The minimum atomic E-state index is -0.619. The molecule has 4 rings (SSSR count). The Bertz CT molecular complexity index is 1500. The lowest BCUT2D eigenvalue weighted by atomic mass is 10.0. The number of nitrogens with one attached hydrogen (secondary N) is 2. The minimum absolute atomic E-state index is 0.0579. The van der Waals surface area contributed by atoms with Crippen molar-refractivity contribution in [1.82, 2.24) is 5.32 Å². The van der Waals surface area contributed by atoms with E-state index in [2.05, 4.69) is 10.6 Å². The highest BCUT2D eigenvalue weighted by molar-refractivity contribution is 7.80. The number of carbonyl (C=O) groups is 1. The highest BCUT2D eigenvalue weighted by atomic mass is 32.1. The fourth-order valence-corrected chi connectivity index (χ4v) is 3.53. The van der Waals surface area contributed by atoms with Crippen LogP contribution in [0.4, 0.5) is 11.4 Å². The van der Waals surface area contributed by atoms with Gasteiger partial charge in [0, 0.05) is 23.1 Å². The van der Waals surface area contributed by atoms with Crippen molar-refractivity contribution in [3.63, 3.8) is 0 Å². The van der Waals surface area contributed by atoms with Crippen LogP contribution in [0.3, 0.4) is 0 Å². The molecule has 0 aliphatic rings. The van der Waals surface area contributed by atoms with Gasteiger partial charge in [0.25, 0.3) is 11.6 Å². The van der Waals surface area contributed by atoms with Gasteiger partial charge in [0.2, 0.25) is 0 Å². The van der Waals surface area contributed by atoms with Crippen LogP contribution in [0, 0.1) is 10.1 Å². The average molecular weight is 475 g/mol. The van der Waals surface area contributed by atoms with Crippen molar-refractivity contribution in [2.75, 3.05) is 12.4 Å². The zero-order valence-electron chi connectivity index (χ0n) is 17.7. The molecule has 0 fully saturated rings. The molecule has 0 unspecified atom stereocenters. The highest BCUT2D eigenvalue weighted by Gasteiger charge is 2.15. The summed E-state index contributed by atoms with van der Waals surface area (Å²) in [5.41, 5.74) is 1.14. The number of hydrogen-bond acceptors (Lipinski definition) is 7. The summed E-state index contributed by atoms with van der Waals surface area (Å²) in [4.78, 5) is 35.4. The number of para-hydroxylation sites is 1. The van der Waals surface area contributed by atoms with Crippen LogP contribution in [0.25, 0.3) is 22.1 Å². The second kappa shape index (κ2) is 9.51. The summed E-state index contributed by atoms with van der Waals surface area (Å²) in [5, 5.41) is 17.0. The molecule has 0 aliphatic heterocycles. The maximum Gasteiger partial charge on any atom is 0.344 e. The standard InChI is InChI=1S/C24H17N3O6S/c1-32-21-10-9-14(18-12-15-5-2-3-8-20(15)33-23(18)29)13-19(21)25-24(34)26-22(28)16-6-4-7-17(11-16)27(30)31/h2-13H,1H3,(H2,25,26,28,34). The highest BCUT2D eigenvalue weighted by Crippen LogP contribution is 2.30. The van der Waals surface area contributed by atoms with Gasteiger partial charge in [0.1, 0.15) is 11.3 Å². The number of fused-ring (bicyclic) bond motifs is 1. The second-order valence-corrected chi connectivity index (χ2v) is 7.52. The van der Waals surface area contributed by atoms with Crippen LogP contribution in [0.1, 0.15) is 10.4 Å². The van der Waals surface area contributed by atoms with E-state index in [0.29, 0.717) is 28.1 Å². The number of amides is 1. The molecule has 3 aromatic carbocycles. The second-order valence-electron chi connectivity index (χ2n) is 7.12. The molecule has 0 saturated heterocycles. The third kappa shape index (κ3) is 4.76. The Morgan fingerprint density at radius 1 is 1.06 bits per heavy atom. The summed E-state index contributed by atoms with van der Waals surface area (Å²) in [6.45, 7) is 0.